The van der Waals surface area contributed by atoms with E-state index in [1.54, 1.807) is 67.7 Å². The molecule has 8 heteroatoms. The third-order valence-corrected chi connectivity index (χ3v) is 6.09. The molecule has 0 unspecified atom stereocenters. The summed E-state index contributed by atoms with van der Waals surface area (Å²) in [6.07, 6.45) is 1.55. The van der Waals surface area contributed by atoms with Gasteiger partial charge in [0.05, 0.1) is 16.9 Å². The predicted molar refractivity (Wildman–Crippen MR) is 121 cm³/mol. The van der Waals surface area contributed by atoms with E-state index in [-0.39, 0.29) is 10.6 Å². The molecule has 2 heterocycles. The molecule has 0 aliphatic heterocycles. The summed E-state index contributed by atoms with van der Waals surface area (Å²) in [7, 11) is -3.93. The van der Waals surface area contributed by atoms with Crippen LogP contribution in [-0.4, -0.2) is 29.5 Å². The second-order valence-electron chi connectivity index (χ2n) is 6.87. The Balaban J connectivity index is 1.70. The first-order valence-electron chi connectivity index (χ1n) is 9.54. The van der Waals surface area contributed by atoms with Crippen LogP contribution >= 0.6 is 0 Å². The van der Waals surface area contributed by atoms with E-state index in [4.69, 9.17) is 5.11 Å². The molecule has 0 bridgehead atoms. The van der Waals surface area contributed by atoms with Gasteiger partial charge in [-0.15, -0.1) is 0 Å². The number of aromatic nitrogens is 2. The van der Waals surface area contributed by atoms with Crippen LogP contribution in [-0.2, 0) is 10.0 Å². The number of carbonyl (C=O) groups is 1. The third-order valence-electron chi connectivity index (χ3n) is 4.69. The number of benzene rings is 2. The average molecular weight is 443 g/mol. The molecule has 0 saturated heterocycles. The van der Waals surface area contributed by atoms with Crippen LogP contribution in [0.15, 0.2) is 77.8 Å². The molecule has 2 aromatic carbocycles. The highest BCUT2D eigenvalue weighted by atomic mass is 32.2. The van der Waals surface area contributed by atoms with Crippen LogP contribution in [0.1, 0.15) is 27.3 Å². The summed E-state index contributed by atoms with van der Waals surface area (Å²) in [6, 6.07) is 18.2. The van der Waals surface area contributed by atoms with Gasteiger partial charge in [-0.2, -0.15) is 0 Å². The molecule has 0 aliphatic rings. The van der Waals surface area contributed by atoms with Crippen LogP contribution < -0.4 is 4.72 Å². The van der Waals surface area contributed by atoms with Crippen molar-refractivity contribution in [2.45, 2.75) is 11.8 Å². The van der Waals surface area contributed by atoms with Gasteiger partial charge in [0.15, 0.2) is 0 Å². The summed E-state index contributed by atoms with van der Waals surface area (Å²) in [5.74, 6) is 4.77. The zero-order valence-electron chi connectivity index (χ0n) is 16.9. The predicted octanol–water partition coefficient (Wildman–Crippen LogP) is 3.84. The lowest BCUT2D eigenvalue weighted by molar-refractivity contribution is 0.0690. The minimum Gasteiger partial charge on any atom is -0.477 e. The molecule has 7 nitrogen and oxygen atoms in total. The van der Waals surface area contributed by atoms with Crippen LogP contribution in [0.25, 0.3) is 10.9 Å². The summed E-state index contributed by atoms with van der Waals surface area (Å²) >= 11 is 0. The number of hydrogen-bond donors (Lipinski definition) is 2. The van der Waals surface area contributed by atoms with Crippen molar-refractivity contribution in [1.82, 2.24) is 9.97 Å². The van der Waals surface area contributed by atoms with Crippen molar-refractivity contribution < 1.29 is 18.3 Å². The van der Waals surface area contributed by atoms with Crippen LogP contribution in [0.4, 0.5) is 5.69 Å². The minimum absolute atomic E-state index is 0.0649. The Morgan fingerprint density at radius 3 is 2.47 bits per heavy atom. The highest BCUT2D eigenvalue weighted by Crippen LogP contribution is 2.24. The normalized spacial score (nSPS) is 10.9. The molecular formula is C24H17N3O4S. The molecule has 0 aliphatic carbocycles. The molecule has 4 aromatic rings. The summed E-state index contributed by atoms with van der Waals surface area (Å²) in [6.45, 7) is 1.67. The number of nitrogens with one attached hydrogen (secondary N) is 1. The van der Waals surface area contributed by atoms with Gasteiger partial charge in [-0.1, -0.05) is 42.2 Å². The minimum atomic E-state index is -3.93. The van der Waals surface area contributed by atoms with Crippen LogP contribution in [0.5, 0.6) is 0 Å². The van der Waals surface area contributed by atoms with Crippen molar-refractivity contribution in [3.05, 3.63) is 95.4 Å². The number of sulfonamides is 1. The number of carboxylic acid groups (broad SMARTS) is 1. The van der Waals surface area contributed by atoms with Gasteiger partial charge in [-0.25, -0.2) is 18.2 Å². The molecule has 0 fully saturated rings. The molecule has 4 rings (SSSR count). The van der Waals surface area contributed by atoms with E-state index in [1.165, 1.54) is 12.1 Å². The SMILES string of the molecule is Cc1nc(C(=O)O)ccc1C#Cc1ccccc1NS(=O)(=O)c1cccc2cccnc12. The quantitative estimate of drug-likeness (QED) is 0.464. The number of carboxylic acids is 1. The maximum Gasteiger partial charge on any atom is 0.354 e. The summed E-state index contributed by atoms with van der Waals surface area (Å²) in [5.41, 5.74) is 2.12. The Kier molecular flexibility index (Phi) is 5.58. The summed E-state index contributed by atoms with van der Waals surface area (Å²) in [5, 5.41) is 9.76. The zero-order chi connectivity index (χ0) is 22.7. The molecule has 0 amide bonds. The number of aromatic carboxylic acids is 1. The molecule has 2 N–H and O–H groups in total. The molecule has 0 atom stereocenters. The lowest BCUT2D eigenvalue weighted by atomic mass is 10.1. The van der Waals surface area contributed by atoms with E-state index in [0.717, 1.165) is 5.39 Å². The smallest absolute Gasteiger partial charge is 0.354 e. The molecule has 32 heavy (non-hydrogen) atoms. The summed E-state index contributed by atoms with van der Waals surface area (Å²) < 4.78 is 28.9. The Bertz CT molecular complexity index is 1510. The standard InChI is InChI=1S/C24H17N3O4S/c1-16-17(13-14-21(26-16)24(28)29)11-12-18-6-2-3-9-20(18)27-32(30,31)22-10-4-7-19-8-5-15-25-23(19)22/h2-10,13-15,27H,1H3,(H,28,29). The lowest BCUT2D eigenvalue weighted by Crippen LogP contribution is -2.14. The third kappa shape index (κ3) is 4.29. The van der Waals surface area contributed by atoms with Crippen molar-refractivity contribution in [3.63, 3.8) is 0 Å². The van der Waals surface area contributed by atoms with E-state index in [9.17, 15) is 13.2 Å². The molecule has 158 valence electrons. The van der Waals surface area contributed by atoms with Crippen LogP contribution in [0, 0.1) is 18.8 Å². The van der Waals surface area contributed by atoms with E-state index in [1.807, 2.05) is 0 Å². The number of rotatable bonds is 4. The fraction of sp³-hybridized carbons (Fsp3) is 0.0417. The van der Waals surface area contributed by atoms with E-state index in [2.05, 4.69) is 26.5 Å². The van der Waals surface area contributed by atoms with Crippen molar-refractivity contribution in [3.8, 4) is 11.8 Å². The maximum absolute atomic E-state index is 13.1. The van der Waals surface area contributed by atoms with E-state index >= 15 is 0 Å². The second-order valence-corrected chi connectivity index (χ2v) is 8.52. The number of pyridine rings is 2. The average Bonchev–Trinajstić information content (AvgIpc) is 2.78. The zero-order valence-corrected chi connectivity index (χ0v) is 17.7. The Hall–Kier alpha value is -4.22. The fourth-order valence-corrected chi connectivity index (χ4v) is 4.38. The van der Waals surface area contributed by atoms with E-state index < -0.39 is 16.0 Å². The van der Waals surface area contributed by atoms with Gasteiger partial charge in [-0.3, -0.25) is 9.71 Å². The van der Waals surface area contributed by atoms with Crippen molar-refractivity contribution in [2.24, 2.45) is 0 Å². The van der Waals surface area contributed by atoms with Gasteiger partial charge in [0.2, 0.25) is 0 Å². The van der Waals surface area contributed by atoms with Crippen molar-refractivity contribution in [2.75, 3.05) is 4.72 Å². The van der Waals surface area contributed by atoms with Gasteiger partial charge in [-0.05, 0) is 43.3 Å². The number of nitrogens with zero attached hydrogens (tertiary/aromatic N) is 2. The first kappa shape index (κ1) is 21.0. The first-order valence-corrected chi connectivity index (χ1v) is 11.0. The highest BCUT2D eigenvalue weighted by Gasteiger charge is 2.19. The molecule has 0 saturated carbocycles. The van der Waals surface area contributed by atoms with Crippen LogP contribution in [0.3, 0.4) is 0 Å². The van der Waals surface area contributed by atoms with Gasteiger partial charge >= 0.3 is 5.97 Å². The topological polar surface area (TPSA) is 109 Å². The lowest BCUT2D eigenvalue weighted by Gasteiger charge is -2.11. The Labute approximate surface area is 184 Å². The van der Waals surface area contributed by atoms with Gasteiger partial charge < -0.3 is 5.11 Å². The van der Waals surface area contributed by atoms with Gasteiger partial charge in [0, 0.05) is 22.7 Å². The molecule has 0 spiro atoms. The number of para-hydroxylation sites is 2. The van der Waals surface area contributed by atoms with Gasteiger partial charge in [0.1, 0.15) is 10.6 Å². The second kappa shape index (κ2) is 8.49. The number of anilines is 1. The monoisotopic (exact) mass is 443 g/mol. The molecule has 2 aromatic heterocycles. The van der Waals surface area contributed by atoms with Crippen molar-refractivity contribution in [1.29, 1.82) is 0 Å². The maximum atomic E-state index is 13.1. The molecular weight excluding hydrogens is 426 g/mol. The first-order chi connectivity index (χ1) is 15.3. The largest absolute Gasteiger partial charge is 0.477 e. The number of aryl methyl sites for hydroxylation is 1. The molecule has 0 radical (unpaired) electrons. The van der Waals surface area contributed by atoms with Crippen LogP contribution in [0.2, 0.25) is 0 Å². The van der Waals surface area contributed by atoms with E-state index in [0.29, 0.717) is 28.0 Å². The number of fused-ring (bicyclic) bond motifs is 1. The fourth-order valence-electron chi connectivity index (χ4n) is 3.12. The Morgan fingerprint density at radius 1 is 0.938 bits per heavy atom. The Morgan fingerprint density at radius 2 is 1.69 bits per heavy atom. The van der Waals surface area contributed by atoms with Gasteiger partial charge in [0.25, 0.3) is 10.0 Å². The summed E-state index contributed by atoms with van der Waals surface area (Å²) in [4.78, 5) is 19.4. The number of hydrogen-bond acceptors (Lipinski definition) is 5. The highest BCUT2D eigenvalue weighted by molar-refractivity contribution is 7.93. The van der Waals surface area contributed by atoms with Crippen molar-refractivity contribution >= 4 is 32.6 Å².